The van der Waals surface area contributed by atoms with Crippen molar-refractivity contribution < 1.29 is 14.6 Å². The summed E-state index contributed by atoms with van der Waals surface area (Å²) in [4.78, 5) is 15.6. The Morgan fingerprint density at radius 3 is 3.00 bits per heavy atom. The molecule has 1 aliphatic rings. The molecule has 1 N–H and O–H groups in total. The Balaban J connectivity index is 1.79. The fraction of sp³-hybridized carbons (Fsp3) is 0.562. The minimum absolute atomic E-state index is 0.262. The number of hydrogen-bond donors (Lipinski definition) is 1. The van der Waals surface area contributed by atoms with E-state index in [0.717, 1.165) is 19.6 Å². The van der Waals surface area contributed by atoms with Gasteiger partial charge in [-0.2, -0.15) is 0 Å². The summed E-state index contributed by atoms with van der Waals surface area (Å²) in [5.41, 5.74) is 0.262. The van der Waals surface area contributed by atoms with Crippen molar-refractivity contribution in [2.24, 2.45) is 0 Å². The number of likely N-dealkylation sites (N-methyl/N-ethyl adjacent to an activating group) is 1. The molecule has 1 heterocycles. The number of carbonyl (C=O) groups is 1. The van der Waals surface area contributed by atoms with Gasteiger partial charge in [-0.1, -0.05) is 6.07 Å². The van der Waals surface area contributed by atoms with Gasteiger partial charge in [0.1, 0.15) is 12.4 Å². The summed E-state index contributed by atoms with van der Waals surface area (Å²) < 4.78 is 5.68. The van der Waals surface area contributed by atoms with Crippen LogP contribution in [0.5, 0.6) is 5.75 Å². The van der Waals surface area contributed by atoms with E-state index >= 15 is 0 Å². The predicted molar refractivity (Wildman–Crippen MR) is 82.0 cm³/mol. The lowest BCUT2D eigenvalue weighted by Gasteiger charge is -2.36. The smallest absolute Gasteiger partial charge is 0.335 e. The summed E-state index contributed by atoms with van der Waals surface area (Å²) in [6.45, 7) is 3.65. The number of nitrogens with zero attached hydrogens (tertiary/aromatic N) is 2. The molecule has 0 radical (unpaired) electrons. The Morgan fingerprint density at radius 2 is 2.29 bits per heavy atom. The van der Waals surface area contributed by atoms with Crippen LogP contribution in [0.2, 0.25) is 0 Å². The van der Waals surface area contributed by atoms with Crippen LogP contribution in [0.15, 0.2) is 24.3 Å². The molecular formula is C16H24N2O3. The zero-order valence-corrected chi connectivity index (χ0v) is 12.8. The van der Waals surface area contributed by atoms with E-state index in [2.05, 4.69) is 23.9 Å². The lowest BCUT2D eigenvalue weighted by atomic mass is 10.1. The van der Waals surface area contributed by atoms with Gasteiger partial charge < -0.3 is 14.7 Å². The Bertz CT molecular complexity index is 476. The van der Waals surface area contributed by atoms with Gasteiger partial charge in [0, 0.05) is 19.1 Å². The molecule has 21 heavy (non-hydrogen) atoms. The van der Waals surface area contributed by atoms with Crippen molar-refractivity contribution in [3.63, 3.8) is 0 Å². The van der Waals surface area contributed by atoms with Gasteiger partial charge in [-0.3, -0.25) is 4.90 Å². The average Bonchev–Trinajstić information content (AvgIpc) is 2.48. The summed E-state index contributed by atoms with van der Waals surface area (Å²) in [6, 6.07) is 7.27. The van der Waals surface area contributed by atoms with E-state index in [4.69, 9.17) is 9.84 Å². The first-order chi connectivity index (χ1) is 10.1. The van der Waals surface area contributed by atoms with Gasteiger partial charge >= 0.3 is 5.97 Å². The molecule has 0 aliphatic carbocycles. The average molecular weight is 292 g/mol. The quantitative estimate of drug-likeness (QED) is 0.866. The maximum atomic E-state index is 10.9. The topological polar surface area (TPSA) is 53.0 Å². The number of hydrogen-bond acceptors (Lipinski definition) is 4. The first-order valence-electron chi connectivity index (χ1n) is 7.41. The van der Waals surface area contributed by atoms with Gasteiger partial charge in [-0.25, -0.2) is 4.79 Å². The molecule has 0 amide bonds. The lowest BCUT2D eigenvalue weighted by molar-refractivity contribution is 0.0696. The Hall–Kier alpha value is -1.59. The molecule has 0 saturated carbocycles. The van der Waals surface area contributed by atoms with Crippen molar-refractivity contribution in [2.45, 2.75) is 18.9 Å². The maximum absolute atomic E-state index is 10.9. The highest BCUT2D eigenvalue weighted by atomic mass is 16.5. The van der Waals surface area contributed by atoms with Crippen LogP contribution in [0.3, 0.4) is 0 Å². The van der Waals surface area contributed by atoms with Crippen LogP contribution >= 0.6 is 0 Å². The van der Waals surface area contributed by atoms with Crippen molar-refractivity contribution in [3.8, 4) is 5.75 Å². The lowest BCUT2D eigenvalue weighted by Crippen LogP contribution is -2.46. The zero-order valence-electron chi connectivity index (χ0n) is 12.8. The van der Waals surface area contributed by atoms with E-state index in [-0.39, 0.29) is 5.56 Å². The van der Waals surface area contributed by atoms with Crippen LogP contribution < -0.4 is 4.74 Å². The molecule has 5 heteroatoms. The molecular weight excluding hydrogens is 268 g/mol. The van der Waals surface area contributed by atoms with E-state index in [1.54, 1.807) is 24.3 Å². The third-order valence-electron chi connectivity index (χ3n) is 3.97. The van der Waals surface area contributed by atoms with Crippen molar-refractivity contribution in [1.29, 1.82) is 0 Å². The third-order valence-corrected chi connectivity index (χ3v) is 3.97. The molecule has 1 unspecified atom stereocenters. The molecule has 5 nitrogen and oxygen atoms in total. The van der Waals surface area contributed by atoms with Gasteiger partial charge in [-0.05, 0) is 51.7 Å². The Morgan fingerprint density at radius 1 is 1.48 bits per heavy atom. The van der Waals surface area contributed by atoms with E-state index in [1.165, 1.54) is 12.8 Å². The van der Waals surface area contributed by atoms with Crippen LogP contribution in [-0.2, 0) is 0 Å². The first-order valence-corrected chi connectivity index (χ1v) is 7.41. The second kappa shape index (κ2) is 7.43. The first kappa shape index (κ1) is 15.8. The van der Waals surface area contributed by atoms with Crippen LogP contribution in [0.25, 0.3) is 0 Å². The van der Waals surface area contributed by atoms with E-state index in [9.17, 15) is 4.79 Å². The van der Waals surface area contributed by atoms with Crippen LogP contribution in [-0.4, -0.2) is 67.3 Å². The molecule has 1 aliphatic heterocycles. The maximum Gasteiger partial charge on any atom is 0.335 e. The number of piperidine rings is 1. The largest absolute Gasteiger partial charge is 0.492 e. The zero-order chi connectivity index (χ0) is 15.2. The number of likely N-dealkylation sites (tertiary alicyclic amines) is 1. The van der Waals surface area contributed by atoms with Crippen LogP contribution in [0, 0.1) is 0 Å². The van der Waals surface area contributed by atoms with E-state index in [0.29, 0.717) is 18.4 Å². The molecule has 0 aromatic heterocycles. The molecule has 1 atom stereocenters. The van der Waals surface area contributed by atoms with Crippen LogP contribution in [0.4, 0.5) is 0 Å². The molecule has 1 aromatic carbocycles. The van der Waals surface area contributed by atoms with Crippen molar-refractivity contribution in [3.05, 3.63) is 29.8 Å². The monoisotopic (exact) mass is 292 g/mol. The number of ether oxygens (including phenoxy) is 1. The van der Waals surface area contributed by atoms with Gasteiger partial charge in [0.05, 0.1) is 5.56 Å². The summed E-state index contributed by atoms with van der Waals surface area (Å²) >= 11 is 0. The highest BCUT2D eigenvalue weighted by Gasteiger charge is 2.20. The Labute approximate surface area is 126 Å². The van der Waals surface area contributed by atoms with Crippen molar-refractivity contribution in [2.75, 3.05) is 40.3 Å². The van der Waals surface area contributed by atoms with Gasteiger partial charge in [0.15, 0.2) is 0 Å². The summed E-state index contributed by atoms with van der Waals surface area (Å²) in [6.07, 6.45) is 2.47. The fourth-order valence-corrected chi connectivity index (χ4v) is 2.67. The SMILES string of the molecule is CN(C)C1CCCN(CCOc2cccc(C(=O)O)c2)C1. The molecule has 1 aromatic rings. The minimum atomic E-state index is -0.926. The summed E-state index contributed by atoms with van der Waals surface area (Å²) in [5, 5.41) is 8.95. The number of carboxylic acid groups (broad SMARTS) is 1. The molecule has 116 valence electrons. The van der Waals surface area contributed by atoms with E-state index in [1.807, 2.05) is 0 Å². The van der Waals surface area contributed by atoms with Gasteiger partial charge in [0.2, 0.25) is 0 Å². The normalized spacial score (nSPS) is 19.7. The van der Waals surface area contributed by atoms with Gasteiger partial charge in [0.25, 0.3) is 0 Å². The summed E-state index contributed by atoms with van der Waals surface area (Å²) in [7, 11) is 4.25. The van der Waals surface area contributed by atoms with Gasteiger partial charge in [-0.15, -0.1) is 0 Å². The highest BCUT2D eigenvalue weighted by molar-refractivity contribution is 5.87. The summed E-state index contributed by atoms with van der Waals surface area (Å²) in [5.74, 6) is -0.304. The van der Waals surface area contributed by atoms with Crippen LogP contribution in [0.1, 0.15) is 23.2 Å². The molecule has 2 rings (SSSR count). The second-order valence-corrected chi connectivity index (χ2v) is 5.74. The molecule has 0 bridgehead atoms. The predicted octanol–water partition coefficient (Wildman–Crippen LogP) is 1.79. The molecule has 1 fully saturated rings. The third kappa shape index (κ3) is 4.72. The Kier molecular flexibility index (Phi) is 5.59. The molecule has 0 spiro atoms. The van der Waals surface area contributed by atoms with Crippen molar-refractivity contribution >= 4 is 5.97 Å². The number of aromatic carboxylic acids is 1. The molecule has 1 saturated heterocycles. The van der Waals surface area contributed by atoms with Crippen molar-refractivity contribution in [1.82, 2.24) is 9.80 Å². The second-order valence-electron chi connectivity index (χ2n) is 5.74. The minimum Gasteiger partial charge on any atom is -0.492 e. The number of benzene rings is 1. The number of rotatable bonds is 6. The number of carboxylic acids is 1. The highest BCUT2D eigenvalue weighted by Crippen LogP contribution is 2.15. The standard InChI is InChI=1S/C16H24N2O3/c1-17(2)14-6-4-8-18(12-14)9-10-21-15-7-3-5-13(11-15)16(19)20/h3,5,7,11,14H,4,6,8-10,12H2,1-2H3,(H,19,20). The van der Waals surface area contributed by atoms with E-state index < -0.39 is 5.97 Å². The fourth-order valence-electron chi connectivity index (χ4n) is 2.67.